The number of amides is 1. The highest BCUT2D eigenvalue weighted by molar-refractivity contribution is 5.99. The number of aromatic nitrogens is 1. The summed E-state index contributed by atoms with van der Waals surface area (Å²) >= 11 is 0. The first-order valence-corrected chi connectivity index (χ1v) is 11.6. The second-order valence-electron chi connectivity index (χ2n) is 9.52. The molecule has 0 aliphatic rings. The van der Waals surface area contributed by atoms with Crippen LogP contribution in [0.5, 0.6) is 0 Å². The number of rotatable bonds is 6. The summed E-state index contributed by atoms with van der Waals surface area (Å²) in [7, 11) is 0. The van der Waals surface area contributed by atoms with E-state index in [-0.39, 0.29) is 18.0 Å². The van der Waals surface area contributed by atoms with Crippen molar-refractivity contribution in [2.45, 2.75) is 39.9 Å². The van der Waals surface area contributed by atoms with E-state index in [1.54, 1.807) is 49.6 Å². The van der Waals surface area contributed by atoms with Gasteiger partial charge in [0, 0.05) is 17.5 Å². The third kappa shape index (κ3) is 5.78. The summed E-state index contributed by atoms with van der Waals surface area (Å²) < 4.78 is 12.8. The lowest BCUT2D eigenvalue weighted by Crippen LogP contribution is -2.27. The lowest BCUT2D eigenvalue weighted by Gasteiger charge is -2.22. The molecule has 0 saturated heterocycles. The van der Waals surface area contributed by atoms with Gasteiger partial charge in [0.15, 0.2) is 0 Å². The van der Waals surface area contributed by atoms with Crippen LogP contribution in [0.4, 0.5) is 16.2 Å². The molecule has 0 radical (unpaired) electrons. The molecule has 1 amide bonds. The van der Waals surface area contributed by atoms with Crippen LogP contribution < -0.4 is 5.32 Å². The van der Waals surface area contributed by atoms with Crippen LogP contribution >= 0.6 is 0 Å². The molecule has 0 unspecified atom stereocenters. The Kier molecular flexibility index (Phi) is 6.97. The number of ether oxygens (including phenoxy) is 2. The second-order valence-corrected chi connectivity index (χ2v) is 9.52. The molecule has 0 aliphatic heterocycles. The molecule has 0 atom stereocenters. The van der Waals surface area contributed by atoms with Crippen LogP contribution in [0.1, 0.15) is 42.4 Å². The van der Waals surface area contributed by atoms with Crippen molar-refractivity contribution in [3.05, 3.63) is 99.7 Å². The lowest BCUT2D eigenvalue weighted by molar-refractivity contribution is -0.384. The SMILES string of the molecule is Cc1cccc(NC(=O)OC(C)(C)C)c1-n1c(C(=O)OCc2ccc([N+](=O)[O-])cc2)cc2ccccc21. The van der Waals surface area contributed by atoms with Crippen molar-refractivity contribution >= 4 is 34.3 Å². The third-order valence-electron chi connectivity index (χ3n) is 5.53. The Balaban J connectivity index is 1.72. The molecule has 3 aromatic carbocycles. The van der Waals surface area contributed by atoms with E-state index < -0.39 is 22.6 Å². The van der Waals surface area contributed by atoms with E-state index in [2.05, 4.69) is 5.32 Å². The number of nitro benzene ring substituents is 1. The van der Waals surface area contributed by atoms with Crippen LogP contribution in [0, 0.1) is 17.0 Å². The maximum absolute atomic E-state index is 13.3. The second kappa shape index (κ2) is 10.1. The summed E-state index contributed by atoms with van der Waals surface area (Å²) in [6, 6.07) is 20.5. The quantitative estimate of drug-likeness (QED) is 0.182. The zero-order valence-corrected chi connectivity index (χ0v) is 21.0. The predicted octanol–water partition coefficient (Wildman–Crippen LogP) is 6.55. The van der Waals surface area contributed by atoms with Gasteiger partial charge < -0.3 is 14.0 Å². The van der Waals surface area contributed by atoms with Gasteiger partial charge in [-0.05, 0) is 69.2 Å². The number of nitro groups is 1. The summed E-state index contributed by atoms with van der Waals surface area (Å²) in [5.74, 6) is -0.582. The monoisotopic (exact) mass is 501 g/mol. The minimum atomic E-state index is -0.680. The molecule has 4 rings (SSSR count). The van der Waals surface area contributed by atoms with Crippen molar-refractivity contribution in [2.24, 2.45) is 0 Å². The van der Waals surface area contributed by atoms with Crippen LogP contribution in [0.2, 0.25) is 0 Å². The Hall–Kier alpha value is -4.66. The predicted molar refractivity (Wildman–Crippen MR) is 140 cm³/mol. The fraction of sp³-hybridized carbons (Fsp3) is 0.214. The van der Waals surface area contributed by atoms with E-state index in [0.29, 0.717) is 16.9 Å². The molecule has 0 fully saturated rings. The summed E-state index contributed by atoms with van der Waals surface area (Å²) in [6.45, 7) is 7.16. The first-order chi connectivity index (χ1) is 17.5. The molecule has 1 heterocycles. The molecule has 1 N–H and O–H groups in total. The highest BCUT2D eigenvalue weighted by atomic mass is 16.6. The number of nitrogens with zero attached hydrogens (tertiary/aromatic N) is 2. The van der Waals surface area contributed by atoms with E-state index in [4.69, 9.17) is 9.47 Å². The third-order valence-corrected chi connectivity index (χ3v) is 5.53. The Bertz CT molecular complexity index is 1480. The van der Waals surface area contributed by atoms with Crippen molar-refractivity contribution in [3.63, 3.8) is 0 Å². The number of para-hydroxylation sites is 2. The molecule has 9 heteroatoms. The van der Waals surface area contributed by atoms with Gasteiger partial charge in [0.2, 0.25) is 0 Å². The summed E-state index contributed by atoms with van der Waals surface area (Å²) in [5.41, 5.74) is 2.82. The highest BCUT2D eigenvalue weighted by Crippen LogP contribution is 2.32. The van der Waals surface area contributed by atoms with Gasteiger partial charge in [0.05, 0.1) is 21.8 Å². The number of hydrogen-bond acceptors (Lipinski definition) is 6. The number of fused-ring (bicyclic) bond motifs is 1. The smallest absolute Gasteiger partial charge is 0.412 e. The molecule has 190 valence electrons. The lowest BCUT2D eigenvalue weighted by atomic mass is 10.1. The van der Waals surface area contributed by atoms with Crippen molar-refractivity contribution in [3.8, 4) is 5.69 Å². The van der Waals surface area contributed by atoms with Crippen LogP contribution in [0.25, 0.3) is 16.6 Å². The number of aryl methyl sites for hydroxylation is 1. The molecule has 37 heavy (non-hydrogen) atoms. The Morgan fingerprint density at radius 3 is 2.38 bits per heavy atom. The largest absolute Gasteiger partial charge is 0.456 e. The number of anilines is 1. The fourth-order valence-electron chi connectivity index (χ4n) is 3.95. The summed E-state index contributed by atoms with van der Waals surface area (Å²) in [6.07, 6.45) is -0.613. The Labute approximate surface area is 213 Å². The maximum atomic E-state index is 13.3. The van der Waals surface area contributed by atoms with Crippen molar-refractivity contribution in [1.82, 2.24) is 4.57 Å². The van der Waals surface area contributed by atoms with Crippen molar-refractivity contribution < 1.29 is 24.0 Å². The van der Waals surface area contributed by atoms with Crippen molar-refractivity contribution in [1.29, 1.82) is 0 Å². The Morgan fingerprint density at radius 1 is 1.00 bits per heavy atom. The molecule has 9 nitrogen and oxygen atoms in total. The highest BCUT2D eigenvalue weighted by Gasteiger charge is 2.23. The molecule has 0 saturated carbocycles. The number of esters is 1. The van der Waals surface area contributed by atoms with E-state index in [0.717, 1.165) is 16.5 Å². The first-order valence-electron chi connectivity index (χ1n) is 11.6. The molecule has 4 aromatic rings. The van der Waals surface area contributed by atoms with E-state index in [1.165, 1.54) is 12.1 Å². The topological polar surface area (TPSA) is 113 Å². The zero-order chi connectivity index (χ0) is 26.7. The van der Waals surface area contributed by atoms with Gasteiger partial charge in [-0.3, -0.25) is 15.4 Å². The molecule has 0 spiro atoms. The van der Waals surface area contributed by atoms with Gasteiger partial charge in [-0.25, -0.2) is 9.59 Å². The molecular formula is C28H27N3O6. The van der Waals surface area contributed by atoms with Crippen LogP contribution in [-0.4, -0.2) is 27.2 Å². The molecule has 1 aromatic heterocycles. The fourth-order valence-corrected chi connectivity index (χ4v) is 3.95. The average Bonchev–Trinajstić information content (AvgIpc) is 3.21. The van der Waals surface area contributed by atoms with E-state index >= 15 is 0 Å². The van der Waals surface area contributed by atoms with Gasteiger partial charge in [0.25, 0.3) is 5.69 Å². The number of carbonyl (C=O) groups is 2. The molecule has 0 aliphatic carbocycles. The normalized spacial score (nSPS) is 11.2. The summed E-state index contributed by atoms with van der Waals surface area (Å²) in [4.78, 5) is 36.3. The number of nitrogens with one attached hydrogen (secondary N) is 1. The van der Waals surface area contributed by atoms with Crippen molar-refractivity contribution in [2.75, 3.05) is 5.32 Å². The number of benzene rings is 3. The minimum Gasteiger partial charge on any atom is -0.456 e. The Morgan fingerprint density at radius 2 is 1.70 bits per heavy atom. The molecular weight excluding hydrogens is 474 g/mol. The average molecular weight is 502 g/mol. The first kappa shape index (κ1) is 25.4. The van der Waals surface area contributed by atoms with E-state index in [1.807, 2.05) is 43.3 Å². The van der Waals surface area contributed by atoms with Gasteiger partial charge in [-0.1, -0.05) is 30.3 Å². The number of carbonyl (C=O) groups excluding carboxylic acids is 2. The maximum Gasteiger partial charge on any atom is 0.412 e. The standard InChI is InChI=1S/C28H27N3O6/c1-18-8-7-10-22(29-27(33)37-28(2,3)4)25(18)30-23-11-6-5-9-20(23)16-24(30)26(32)36-17-19-12-14-21(15-13-19)31(34)35/h5-16H,17H2,1-4H3,(H,29,33). The number of non-ortho nitro benzene ring substituents is 1. The zero-order valence-electron chi connectivity index (χ0n) is 21.0. The van der Waals surface area contributed by atoms with Gasteiger partial charge >= 0.3 is 12.1 Å². The van der Waals surface area contributed by atoms with Crippen LogP contribution in [-0.2, 0) is 16.1 Å². The van der Waals surface area contributed by atoms with Gasteiger partial charge in [0.1, 0.15) is 17.9 Å². The van der Waals surface area contributed by atoms with Crippen LogP contribution in [0.3, 0.4) is 0 Å². The van der Waals surface area contributed by atoms with Gasteiger partial charge in [-0.2, -0.15) is 0 Å². The summed E-state index contributed by atoms with van der Waals surface area (Å²) in [5, 5.41) is 14.5. The molecule has 0 bridgehead atoms. The van der Waals surface area contributed by atoms with E-state index in [9.17, 15) is 19.7 Å². The van der Waals surface area contributed by atoms with Crippen LogP contribution in [0.15, 0.2) is 72.8 Å². The minimum absolute atomic E-state index is 0.0419. The number of hydrogen-bond donors (Lipinski definition) is 1. The van der Waals surface area contributed by atoms with Gasteiger partial charge in [-0.15, -0.1) is 0 Å².